The molecule has 3 saturated heterocycles. The number of halogens is 3. The summed E-state index contributed by atoms with van der Waals surface area (Å²) < 4.78 is 53.5. The van der Waals surface area contributed by atoms with Gasteiger partial charge in [0.05, 0.1) is 18.7 Å². The SMILES string of the molecule is CC.CC(C)(C)OC(=O)N1CCOC1(C)C.COC1CCN(C2CCN(c3ncc(C(F)(F)F)cn3)CC2)C1=O. The number of hydrogen-bond donors (Lipinski definition) is 0. The predicted molar refractivity (Wildman–Crippen MR) is 144 cm³/mol. The summed E-state index contributed by atoms with van der Waals surface area (Å²) in [5, 5.41) is 0. The molecule has 228 valence electrons. The molecule has 1 unspecified atom stereocenters. The maximum atomic E-state index is 12.5. The lowest BCUT2D eigenvalue weighted by atomic mass is 10.0. The smallest absolute Gasteiger partial charge is 0.419 e. The second-order valence-electron chi connectivity index (χ2n) is 11.0. The zero-order chi connectivity index (χ0) is 30.3. The molecule has 0 N–H and O–H groups in total. The van der Waals surface area contributed by atoms with Crippen LogP contribution in [0.4, 0.5) is 23.9 Å². The molecule has 4 rings (SSSR count). The van der Waals surface area contributed by atoms with Gasteiger partial charge >= 0.3 is 12.3 Å². The summed E-state index contributed by atoms with van der Waals surface area (Å²) in [5.41, 5.74) is -1.84. The zero-order valence-corrected chi connectivity index (χ0v) is 24.9. The summed E-state index contributed by atoms with van der Waals surface area (Å²) in [5.74, 6) is 0.325. The van der Waals surface area contributed by atoms with Crippen LogP contribution < -0.4 is 4.90 Å². The van der Waals surface area contributed by atoms with Crippen molar-refractivity contribution in [2.45, 2.75) is 97.4 Å². The van der Waals surface area contributed by atoms with Crippen LogP contribution in [0.15, 0.2) is 12.4 Å². The molecule has 4 heterocycles. The maximum Gasteiger partial charge on any atom is 0.419 e. The number of aromatic nitrogens is 2. The highest BCUT2D eigenvalue weighted by atomic mass is 19.4. The molecule has 2 amide bonds. The lowest BCUT2D eigenvalue weighted by molar-refractivity contribution is -0.138. The quantitative estimate of drug-likeness (QED) is 0.511. The number of ether oxygens (including phenoxy) is 3. The molecule has 0 bridgehead atoms. The highest BCUT2D eigenvalue weighted by molar-refractivity contribution is 5.83. The summed E-state index contributed by atoms with van der Waals surface area (Å²) >= 11 is 0. The number of carbonyl (C=O) groups excluding carboxylic acids is 2. The molecule has 1 aromatic rings. The Kier molecular flexibility index (Phi) is 11.6. The van der Waals surface area contributed by atoms with Crippen molar-refractivity contribution < 1.29 is 37.0 Å². The van der Waals surface area contributed by atoms with Gasteiger partial charge in [-0.15, -0.1) is 0 Å². The Bertz CT molecular complexity index is 961. The lowest BCUT2D eigenvalue weighted by Crippen LogP contribution is -2.47. The van der Waals surface area contributed by atoms with E-state index in [0.29, 0.717) is 45.2 Å². The Morgan fingerprint density at radius 1 is 1.02 bits per heavy atom. The Hall–Kier alpha value is -2.67. The molecule has 0 saturated carbocycles. The van der Waals surface area contributed by atoms with E-state index in [2.05, 4.69) is 9.97 Å². The summed E-state index contributed by atoms with van der Waals surface area (Å²) in [7, 11) is 1.54. The van der Waals surface area contributed by atoms with Gasteiger partial charge < -0.3 is 24.0 Å². The number of nitrogens with zero attached hydrogens (tertiary/aromatic N) is 5. The van der Waals surface area contributed by atoms with Crippen molar-refractivity contribution in [3.8, 4) is 0 Å². The lowest BCUT2D eigenvalue weighted by Gasteiger charge is -2.36. The largest absolute Gasteiger partial charge is 0.444 e. The molecule has 3 fully saturated rings. The number of piperidine rings is 1. The number of anilines is 1. The van der Waals surface area contributed by atoms with Gasteiger partial charge in [0.15, 0.2) is 0 Å². The van der Waals surface area contributed by atoms with Gasteiger partial charge in [-0.3, -0.25) is 9.69 Å². The van der Waals surface area contributed by atoms with Crippen LogP contribution in [-0.4, -0.2) is 95.1 Å². The summed E-state index contributed by atoms with van der Waals surface area (Å²) in [6.07, 6.45) is -1.28. The molecule has 0 radical (unpaired) electrons. The van der Waals surface area contributed by atoms with Crippen molar-refractivity contribution in [2.75, 3.05) is 44.8 Å². The topological polar surface area (TPSA) is 97.3 Å². The molecule has 0 aliphatic carbocycles. The van der Waals surface area contributed by atoms with E-state index < -0.39 is 23.1 Å². The van der Waals surface area contributed by atoms with Crippen LogP contribution in [0.3, 0.4) is 0 Å². The number of amides is 2. The van der Waals surface area contributed by atoms with Crippen molar-refractivity contribution in [1.29, 1.82) is 0 Å². The molecular formula is C27H44F3N5O5. The van der Waals surface area contributed by atoms with Crippen LogP contribution in [0.2, 0.25) is 0 Å². The van der Waals surface area contributed by atoms with E-state index in [1.54, 1.807) is 4.90 Å². The molecule has 10 nitrogen and oxygen atoms in total. The summed E-state index contributed by atoms with van der Waals surface area (Å²) in [6.45, 7) is 16.4. The van der Waals surface area contributed by atoms with Crippen LogP contribution in [0.25, 0.3) is 0 Å². The molecule has 1 aromatic heterocycles. The third-order valence-electron chi connectivity index (χ3n) is 6.66. The summed E-state index contributed by atoms with van der Waals surface area (Å²) in [6, 6.07) is 0.142. The maximum absolute atomic E-state index is 12.5. The highest BCUT2D eigenvalue weighted by Crippen LogP contribution is 2.29. The number of carbonyl (C=O) groups is 2. The van der Waals surface area contributed by atoms with Gasteiger partial charge in [0.2, 0.25) is 5.95 Å². The number of likely N-dealkylation sites (tertiary alicyclic amines) is 1. The van der Waals surface area contributed by atoms with Gasteiger partial charge in [0.1, 0.15) is 17.4 Å². The fourth-order valence-corrected chi connectivity index (χ4v) is 4.63. The van der Waals surface area contributed by atoms with Gasteiger partial charge in [0, 0.05) is 51.6 Å². The van der Waals surface area contributed by atoms with E-state index >= 15 is 0 Å². The van der Waals surface area contributed by atoms with Crippen LogP contribution in [0.5, 0.6) is 0 Å². The Morgan fingerprint density at radius 3 is 2.02 bits per heavy atom. The zero-order valence-electron chi connectivity index (χ0n) is 24.9. The second-order valence-corrected chi connectivity index (χ2v) is 11.0. The van der Waals surface area contributed by atoms with Crippen LogP contribution in [0, 0.1) is 0 Å². The van der Waals surface area contributed by atoms with E-state index in [0.717, 1.165) is 25.2 Å². The number of rotatable bonds is 3. The minimum absolute atomic E-state index is 0.0294. The average Bonchev–Trinajstić information content (AvgIpc) is 3.45. The minimum atomic E-state index is -4.43. The van der Waals surface area contributed by atoms with E-state index in [9.17, 15) is 22.8 Å². The normalized spacial score (nSPS) is 21.4. The standard InChI is InChI=1S/C15H19F3N4O2.C10H19NO3.C2H6/c1-24-12-4-7-22(13(12)23)11-2-5-21(6-3-11)14-19-8-10(9-20-14)15(16,17)18;1-9(2,3)14-8(12)11-6-7-13-10(11,4)5;1-2/h8-9,11-12H,2-7H2,1H3;6-7H2,1-5H3;1-2H3. The van der Waals surface area contributed by atoms with E-state index in [1.165, 1.54) is 7.11 Å². The van der Waals surface area contributed by atoms with E-state index in [4.69, 9.17) is 14.2 Å². The van der Waals surface area contributed by atoms with Crippen molar-refractivity contribution in [3.63, 3.8) is 0 Å². The number of methoxy groups -OCH3 is 1. The minimum Gasteiger partial charge on any atom is -0.444 e. The summed E-state index contributed by atoms with van der Waals surface area (Å²) in [4.78, 5) is 36.8. The third kappa shape index (κ3) is 8.92. The molecule has 13 heteroatoms. The van der Waals surface area contributed by atoms with E-state index in [1.807, 2.05) is 58.3 Å². The van der Waals surface area contributed by atoms with Crippen LogP contribution in [0.1, 0.15) is 73.3 Å². The Labute approximate surface area is 235 Å². The molecule has 0 spiro atoms. The third-order valence-corrected chi connectivity index (χ3v) is 6.66. The van der Waals surface area contributed by atoms with Crippen molar-refractivity contribution >= 4 is 17.9 Å². The van der Waals surface area contributed by atoms with Gasteiger partial charge in [-0.2, -0.15) is 13.2 Å². The van der Waals surface area contributed by atoms with Gasteiger partial charge in [-0.25, -0.2) is 14.8 Å². The fraction of sp³-hybridized carbons (Fsp3) is 0.778. The molecule has 3 aliphatic heterocycles. The van der Waals surface area contributed by atoms with Crippen LogP contribution >= 0.6 is 0 Å². The molecule has 40 heavy (non-hydrogen) atoms. The van der Waals surface area contributed by atoms with Crippen molar-refractivity contribution in [3.05, 3.63) is 18.0 Å². The van der Waals surface area contributed by atoms with Crippen LogP contribution in [-0.2, 0) is 25.2 Å². The van der Waals surface area contributed by atoms with Crippen molar-refractivity contribution in [2.24, 2.45) is 0 Å². The monoisotopic (exact) mass is 575 g/mol. The average molecular weight is 576 g/mol. The van der Waals surface area contributed by atoms with Gasteiger partial charge in [-0.05, 0) is 47.5 Å². The molecule has 0 aromatic carbocycles. The first-order valence-corrected chi connectivity index (χ1v) is 13.7. The number of hydrogen-bond acceptors (Lipinski definition) is 8. The first kappa shape index (κ1) is 33.5. The fourth-order valence-electron chi connectivity index (χ4n) is 4.63. The van der Waals surface area contributed by atoms with Crippen molar-refractivity contribution in [1.82, 2.24) is 19.8 Å². The van der Waals surface area contributed by atoms with Gasteiger partial charge in [-0.1, -0.05) is 13.8 Å². The highest BCUT2D eigenvalue weighted by Gasteiger charge is 2.39. The van der Waals surface area contributed by atoms with E-state index in [-0.39, 0.29) is 24.1 Å². The molecule has 1 atom stereocenters. The number of alkyl halides is 3. The predicted octanol–water partition coefficient (Wildman–Crippen LogP) is 4.73. The van der Waals surface area contributed by atoms with Gasteiger partial charge in [0.25, 0.3) is 5.91 Å². The first-order valence-electron chi connectivity index (χ1n) is 13.7. The molecular weight excluding hydrogens is 531 g/mol. The Morgan fingerprint density at radius 2 is 1.60 bits per heavy atom. The second kappa shape index (κ2) is 13.8. The Balaban J connectivity index is 0.000000299. The molecule has 3 aliphatic rings. The first-order chi connectivity index (χ1) is 18.6.